The zero-order valence-electron chi connectivity index (χ0n) is 14.8. The highest BCUT2D eigenvalue weighted by Crippen LogP contribution is 2.40. The summed E-state index contributed by atoms with van der Waals surface area (Å²) < 4.78 is 13.9. The van der Waals surface area contributed by atoms with E-state index in [9.17, 15) is 4.39 Å². The van der Waals surface area contributed by atoms with Gasteiger partial charge in [0, 0.05) is 36.2 Å². The first-order valence-electron chi connectivity index (χ1n) is 8.65. The number of fused-ring (bicyclic) bond motifs is 1. The van der Waals surface area contributed by atoms with Gasteiger partial charge in [-0.15, -0.1) is 0 Å². The van der Waals surface area contributed by atoms with Crippen molar-refractivity contribution < 1.29 is 4.39 Å². The van der Waals surface area contributed by atoms with Crippen LogP contribution in [0, 0.1) is 5.82 Å². The maximum Gasteiger partial charge on any atom is 0.123 e. The van der Waals surface area contributed by atoms with Crippen molar-refractivity contribution in [2.75, 3.05) is 38.6 Å². The average molecular weight is 327 g/mol. The van der Waals surface area contributed by atoms with Gasteiger partial charge in [0.2, 0.25) is 0 Å². The Labute approximate surface area is 143 Å². The molecule has 0 bridgehead atoms. The minimum Gasteiger partial charge on any atom is -0.367 e. The van der Waals surface area contributed by atoms with E-state index in [4.69, 9.17) is 0 Å². The van der Waals surface area contributed by atoms with Crippen LogP contribution in [0.5, 0.6) is 0 Å². The highest BCUT2D eigenvalue weighted by molar-refractivity contribution is 5.98. The smallest absolute Gasteiger partial charge is 0.123 e. The number of aromatic amines is 1. The number of nitrogens with zero attached hydrogens (tertiary/aromatic N) is 2. The second kappa shape index (κ2) is 7.22. The normalized spacial score (nSPS) is 16.0. The second-order valence-corrected chi connectivity index (χ2v) is 6.63. The lowest BCUT2D eigenvalue weighted by atomic mass is 9.97. The van der Waals surface area contributed by atoms with E-state index in [1.807, 2.05) is 18.3 Å². The molecule has 24 heavy (non-hydrogen) atoms. The maximum atomic E-state index is 13.9. The Morgan fingerprint density at radius 3 is 2.79 bits per heavy atom. The van der Waals surface area contributed by atoms with E-state index in [0.717, 1.165) is 49.4 Å². The van der Waals surface area contributed by atoms with Crippen LogP contribution in [0.3, 0.4) is 0 Å². The predicted octanol–water partition coefficient (Wildman–Crippen LogP) is 4.25. The van der Waals surface area contributed by atoms with Crippen LogP contribution in [0.25, 0.3) is 11.1 Å². The number of hydrogen-bond donors (Lipinski definition) is 1. The molecule has 1 aromatic heterocycles. The van der Waals surface area contributed by atoms with Crippen molar-refractivity contribution in [3.63, 3.8) is 0 Å². The van der Waals surface area contributed by atoms with E-state index in [0.29, 0.717) is 0 Å². The van der Waals surface area contributed by atoms with Crippen molar-refractivity contribution in [2.24, 2.45) is 0 Å². The van der Waals surface area contributed by atoms with E-state index in [1.165, 1.54) is 11.1 Å². The Hall–Kier alpha value is -2.07. The van der Waals surface area contributed by atoms with Crippen LogP contribution >= 0.6 is 0 Å². The third-order valence-electron chi connectivity index (χ3n) is 4.65. The van der Waals surface area contributed by atoms with Gasteiger partial charge in [-0.05, 0) is 75.0 Å². The number of H-pyrrole nitrogens is 1. The SMILES string of the molecule is CCC(=C1CN(CCCN(C)C)c2ccc(F)cc21)c1ccc[nH]1. The first-order valence-corrected chi connectivity index (χ1v) is 8.65. The lowest BCUT2D eigenvalue weighted by molar-refractivity contribution is 0.401. The molecule has 1 aliphatic rings. The van der Waals surface area contributed by atoms with Crippen LogP contribution in [0.15, 0.2) is 36.5 Å². The number of halogens is 1. The van der Waals surface area contributed by atoms with Gasteiger partial charge >= 0.3 is 0 Å². The summed E-state index contributed by atoms with van der Waals surface area (Å²) in [4.78, 5) is 7.89. The molecule has 1 aromatic carbocycles. The molecule has 0 saturated carbocycles. The number of nitrogens with one attached hydrogen (secondary N) is 1. The molecule has 1 N–H and O–H groups in total. The summed E-state index contributed by atoms with van der Waals surface area (Å²) in [6.45, 7) is 5.07. The number of benzene rings is 1. The number of rotatable bonds is 6. The van der Waals surface area contributed by atoms with Gasteiger partial charge < -0.3 is 14.8 Å². The molecule has 0 unspecified atom stereocenters. The van der Waals surface area contributed by atoms with E-state index in [2.05, 4.69) is 41.9 Å². The summed E-state index contributed by atoms with van der Waals surface area (Å²) in [5, 5.41) is 0. The van der Waals surface area contributed by atoms with E-state index in [-0.39, 0.29) is 5.82 Å². The molecule has 2 heterocycles. The summed E-state index contributed by atoms with van der Waals surface area (Å²) in [5.41, 5.74) is 5.87. The Balaban J connectivity index is 1.96. The first-order chi connectivity index (χ1) is 11.6. The predicted molar refractivity (Wildman–Crippen MR) is 99.7 cm³/mol. The third kappa shape index (κ3) is 3.39. The molecule has 0 spiro atoms. The summed E-state index contributed by atoms with van der Waals surface area (Å²) in [7, 11) is 4.19. The van der Waals surface area contributed by atoms with Gasteiger partial charge in [-0.1, -0.05) is 6.92 Å². The van der Waals surface area contributed by atoms with Gasteiger partial charge in [-0.25, -0.2) is 4.39 Å². The van der Waals surface area contributed by atoms with Crippen LogP contribution in [0.2, 0.25) is 0 Å². The van der Waals surface area contributed by atoms with Crippen molar-refractivity contribution in [2.45, 2.75) is 19.8 Å². The fourth-order valence-electron chi connectivity index (χ4n) is 3.51. The van der Waals surface area contributed by atoms with Crippen LogP contribution < -0.4 is 4.90 Å². The van der Waals surface area contributed by atoms with Crippen LogP contribution in [-0.2, 0) is 0 Å². The van der Waals surface area contributed by atoms with Crippen molar-refractivity contribution in [3.8, 4) is 0 Å². The zero-order chi connectivity index (χ0) is 17.1. The Morgan fingerprint density at radius 2 is 2.12 bits per heavy atom. The molecule has 0 aliphatic carbocycles. The molecule has 2 aromatic rings. The highest BCUT2D eigenvalue weighted by atomic mass is 19.1. The minimum absolute atomic E-state index is 0.164. The number of aromatic nitrogens is 1. The molecule has 128 valence electrons. The van der Waals surface area contributed by atoms with Gasteiger partial charge in [0.25, 0.3) is 0 Å². The quantitative estimate of drug-likeness (QED) is 0.857. The summed E-state index contributed by atoms with van der Waals surface area (Å²) >= 11 is 0. The highest BCUT2D eigenvalue weighted by Gasteiger charge is 2.26. The van der Waals surface area contributed by atoms with Crippen LogP contribution in [-0.4, -0.2) is 43.6 Å². The summed E-state index contributed by atoms with van der Waals surface area (Å²) in [6, 6.07) is 9.30. The molecule has 3 rings (SSSR count). The largest absolute Gasteiger partial charge is 0.367 e. The van der Waals surface area contributed by atoms with Crippen molar-refractivity contribution >= 4 is 16.8 Å². The zero-order valence-corrected chi connectivity index (χ0v) is 14.8. The van der Waals surface area contributed by atoms with Gasteiger partial charge in [0.15, 0.2) is 0 Å². The summed E-state index contributed by atoms with van der Waals surface area (Å²) in [5.74, 6) is -0.164. The molecule has 1 aliphatic heterocycles. The van der Waals surface area contributed by atoms with Crippen LogP contribution in [0.4, 0.5) is 10.1 Å². The fourth-order valence-corrected chi connectivity index (χ4v) is 3.51. The number of allylic oxidation sites excluding steroid dienone is 1. The van der Waals surface area contributed by atoms with Gasteiger partial charge in [-0.3, -0.25) is 0 Å². The standard InChI is InChI=1S/C20H26FN3/c1-4-16(19-7-5-10-22-19)18-14-24(12-6-11-23(2)3)20-9-8-15(21)13-17(18)20/h5,7-10,13,22H,4,6,11-12,14H2,1-3H3. The molecule has 4 heteroatoms. The van der Waals surface area contributed by atoms with E-state index < -0.39 is 0 Å². The number of hydrogen-bond acceptors (Lipinski definition) is 2. The van der Waals surface area contributed by atoms with Crippen molar-refractivity contribution in [3.05, 3.63) is 53.6 Å². The van der Waals surface area contributed by atoms with Crippen molar-refractivity contribution in [1.82, 2.24) is 9.88 Å². The first kappa shape index (κ1) is 16.8. The van der Waals surface area contributed by atoms with Gasteiger partial charge in [0.1, 0.15) is 5.82 Å². The molecular formula is C20H26FN3. The summed E-state index contributed by atoms with van der Waals surface area (Å²) in [6.07, 6.45) is 3.97. The lowest BCUT2D eigenvalue weighted by Gasteiger charge is -2.20. The van der Waals surface area contributed by atoms with Crippen molar-refractivity contribution in [1.29, 1.82) is 0 Å². The molecular weight excluding hydrogens is 301 g/mol. The minimum atomic E-state index is -0.164. The molecule has 0 atom stereocenters. The monoisotopic (exact) mass is 327 g/mol. The Morgan fingerprint density at radius 1 is 1.29 bits per heavy atom. The fraction of sp³-hybridized carbons (Fsp3) is 0.400. The second-order valence-electron chi connectivity index (χ2n) is 6.63. The average Bonchev–Trinajstić information content (AvgIpc) is 3.17. The lowest BCUT2D eigenvalue weighted by Crippen LogP contribution is -2.25. The molecule has 0 fully saturated rings. The molecule has 0 saturated heterocycles. The van der Waals surface area contributed by atoms with E-state index in [1.54, 1.807) is 12.1 Å². The van der Waals surface area contributed by atoms with E-state index >= 15 is 0 Å². The number of anilines is 1. The molecule has 0 amide bonds. The third-order valence-corrected chi connectivity index (χ3v) is 4.65. The molecule has 3 nitrogen and oxygen atoms in total. The van der Waals surface area contributed by atoms with Gasteiger partial charge in [0.05, 0.1) is 0 Å². The van der Waals surface area contributed by atoms with Gasteiger partial charge in [-0.2, -0.15) is 0 Å². The Bertz CT molecular complexity index is 716. The van der Waals surface area contributed by atoms with Crippen LogP contribution in [0.1, 0.15) is 31.0 Å². The Kier molecular flexibility index (Phi) is 5.05. The topological polar surface area (TPSA) is 22.3 Å². The maximum absolute atomic E-state index is 13.9. The molecule has 0 radical (unpaired) electrons.